The van der Waals surface area contributed by atoms with Crippen LogP contribution in [0.25, 0.3) is 0 Å². The number of amides is 1. The summed E-state index contributed by atoms with van der Waals surface area (Å²) in [4.78, 5) is 27.9. The highest BCUT2D eigenvalue weighted by atomic mass is 16.2. The van der Waals surface area contributed by atoms with Crippen molar-refractivity contribution in [1.82, 2.24) is 40.7 Å². The number of carbonyl (C=O) groups is 1. The summed E-state index contributed by atoms with van der Waals surface area (Å²) in [5.74, 6) is 0.798. The van der Waals surface area contributed by atoms with Crippen molar-refractivity contribution in [2.75, 3.05) is 0 Å². The van der Waals surface area contributed by atoms with Crippen LogP contribution >= 0.6 is 0 Å². The minimum atomic E-state index is -0.478. The second-order valence-corrected chi connectivity index (χ2v) is 7.67. The summed E-state index contributed by atoms with van der Waals surface area (Å²) >= 11 is 0. The molecule has 6 rings (SSSR count). The van der Waals surface area contributed by atoms with E-state index in [2.05, 4.69) is 35.9 Å². The lowest BCUT2D eigenvalue weighted by Gasteiger charge is -2.61. The van der Waals surface area contributed by atoms with Crippen LogP contribution in [0.5, 0.6) is 0 Å². The zero-order valence-corrected chi connectivity index (χ0v) is 13.0. The number of hydrogen-bond acceptors (Lipinski definition) is 6. The number of nitrogens with zero attached hydrogens (tertiary/aromatic N) is 5. The lowest BCUT2D eigenvalue weighted by Crippen LogP contribution is -2.66. The SMILES string of the molecule is O=C(NC12CC3CC(C1)CC(n1ncnn1)(C3)C2)c1n[nH]c(=O)[nH]1. The third kappa shape index (κ3) is 1.95. The normalized spacial score (nSPS) is 36.8. The molecule has 10 nitrogen and oxygen atoms in total. The minimum Gasteiger partial charge on any atom is -0.344 e. The Morgan fingerprint density at radius 2 is 2.08 bits per heavy atom. The number of tetrazole rings is 1. The Hall–Kier alpha value is -2.52. The van der Waals surface area contributed by atoms with E-state index in [1.54, 1.807) is 4.80 Å². The smallest absolute Gasteiger partial charge is 0.341 e. The predicted octanol–water partition coefficient (Wildman–Crippen LogP) is -0.438. The Bertz CT molecular complexity index is 823. The Kier molecular flexibility index (Phi) is 2.61. The number of aromatic nitrogens is 7. The van der Waals surface area contributed by atoms with Gasteiger partial charge in [-0.15, -0.1) is 15.3 Å². The first-order chi connectivity index (χ1) is 11.6. The van der Waals surface area contributed by atoms with E-state index in [-0.39, 0.29) is 22.8 Å². The molecule has 0 saturated heterocycles. The predicted molar refractivity (Wildman–Crippen MR) is 79.9 cm³/mol. The summed E-state index contributed by atoms with van der Waals surface area (Å²) in [6.07, 6.45) is 7.46. The van der Waals surface area contributed by atoms with Crippen molar-refractivity contribution in [1.29, 1.82) is 0 Å². The van der Waals surface area contributed by atoms with Gasteiger partial charge in [0.2, 0.25) is 5.82 Å². The molecule has 2 atom stereocenters. The molecule has 0 spiro atoms. The maximum Gasteiger partial charge on any atom is 0.341 e. The van der Waals surface area contributed by atoms with Crippen LogP contribution in [0.1, 0.15) is 49.1 Å². The van der Waals surface area contributed by atoms with Gasteiger partial charge in [0.25, 0.3) is 5.91 Å². The fourth-order valence-corrected chi connectivity index (χ4v) is 5.66. The summed E-state index contributed by atoms with van der Waals surface area (Å²) in [5.41, 5.74) is -0.925. The molecule has 1 amide bonds. The molecule has 4 bridgehead atoms. The molecule has 2 heterocycles. The molecule has 4 saturated carbocycles. The molecule has 4 aliphatic rings. The van der Waals surface area contributed by atoms with Crippen LogP contribution in [0.4, 0.5) is 0 Å². The van der Waals surface area contributed by atoms with Crippen molar-refractivity contribution in [3.05, 3.63) is 22.6 Å². The monoisotopic (exact) mass is 330 g/mol. The van der Waals surface area contributed by atoms with Gasteiger partial charge in [0.1, 0.15) is 0 Å². The average molecular weight is 330 g/mol. The first kappa shape index (κ1) is 13.9. The molecule has 2 aromatic rings. The topological polar surface area (TPSA) is 134 Å². The van der Waals surface area contributed by atoms with Gasteiger partial charge >= 0.3 is 5.69 Å². The molecule has 24 heavy (non-hydrogen) atoms. The molecule has 3 N–H and O–H groups in total. The fourth-order valence-electron chi connectivity index (χ4n) is 5.66. The van der Waals surface area contributed by atoms with Crippen LogP contribution in [0.3, 0.4) is 0 Å². The van der Waals surface area contributed by atoms with Gasteiger partial charge in [0.15, 0.2) is 6.33 Å². The molecule has 2 aromatic heterocycles. The summed E-state index contributed by atoms with van der Waals surface area (Å²) in [6.45, 7) is 0. The highest BCUT2D eigenvalue weighted by Gasteiger charge is 2.60. The quantitative estimate of drug-likeness (QED) is 0.698. The molecule has 0 radical (unpaired) electrons. The van der Waals surface area contributed by atoms with Crippen molar-refractivity contribution in [3.8, 4) is 0 Å². The van der Waals surface area contributed by atoms with E-state index in [9.17, 15) is 9.59 Å². The molecular weight excluding hydrogens is 312 g/mol. The largest absolute Gasteiger partial charge is 0.344 e. The van der Waals surface area contributed by atoms with Crippen molar-refractivity contribution < 1.29 is 4.79 Å². The average Bonchev–Trinajstić information content (AvgIpc) is 3.16. The summed E-state index contributed by atoms with van der Waals surface area (Å²) in [7, 11) is 0. The van der Waals surface area contributed by atoms with Gasteiger partial charge in [-0.2, -0.15) is 4.80 Å². The van der Waals surface area contributed by atoms with E-state index < -0.39 is 5.69 Å². The van der Waals surface area contributed by atoms with Crippen molar-refractivity contribution in [3.63, 3.8) is 0 Å². The van der Waals surface area contributed by atoms with Gasteiger partial charge in [0, 0.05) is 5.54 Å². The lowest BCUT2D eigenvalue weighted by molar-refractivity contribution is -0.0811. The highest BCUT2D eigenvalue weighted by molar-refractivity contribution is 5.90. The fraction of sp³-hybridized carbons (Fsp3) is 0.714. The molecule has 0 aromatic carbocycles. The molecule has 2 unspecified atom stereocenters. The number of hydrogen-bond donors (Lipinski definition) is 3. The second kappa shape index (κ2) is 4.52. The van der Waals surface area contributed by atoms with Gasteiger partial charge in [-0.1, -0.05) is 0 Å². The van der Waals surface area contributed by atoms with Crippen LogP contribution in [0.15, 0.2) is 11.1 Å². The first-order valence-electron chi connectivity index (χ1n) is 8.27. The maximum atomic E-state index is 12.5. The van der Waals surface area contributed by atoms with E-state index in [1.165, 1.54) is 12.7 Å². The number of H-pyrrole nitrogens is 2. The van der Waals surface area contributed by atoms with Crippen LogP contribution in [0.2, 0.25) is 0 Å². The Labute approximate surface area is 136 Å². The molecular formula is C14H18N8O2. The van der Waals surface area contributed by atoms with Crippen molar-refractivity contribution >= 4 is 5.91 Å². The summed E-state index contributed by atoms with van der Waals surface area (Å²) in [5, 5.41) is 21.5. The zero-order chi connectivity index (χ0) is 16.4. The highest BCUT2D eigenvalue weighted by Crippen LogP contribution is 2.60. The zero-order valence-electron chi connectivity index (χ0n) is 13.0. The van der Waals surface area contributed by atoms with E-state index in [4.69, 9.17) is 0 Å². The van der Waals surface area contributed by atoms with Gasteiger partial charge < -0.3 is 5.32 Å². The molecule has 126 valence electrons. The van der Waals surface area contributed by atoms with Gasteiger partial charge in [-0.05, 0) is 55.6 Å². The summed E-state index contributed by atoms with van der Waals surface area (Å²) in [6, 6.07) is 0. The van der Waals surface area contributed by atoms with Gasteiger partial charge in [0.05, 0.1) is 5.54 Å². The van der Waals surface area contributed by atoms with Gasteiger partial charge in [-0.3, -0.25) is 9.78 Å². The van der Waals surface area contributed by atoms with Crippen LogP contribution < -0.4 is 11.0 Å². The summed E-state index contributed by atoms with van der Waals surface area (Å²) < 4.78 is 0. The first-order valence-corrected chi connectivity index (χ1v) is 8.27. The van der Waals surface area contributed by atoms with Crippen molar-refractivity contribution in [2.24, 2.45) is 11.8 Å². The van der Waals surface area contributed by atoms with Crippen LogP contribution in [-0.4, -0.2) is 46.8 Å². The van der Waals surface area contributed by atoms with E-state index in [0.29, 0.717) is 11.8 Å². The van der Waals surface area contributed by atoms with Crippen LogP contribution in [-0.2, 0) is 5.54 Å². The number of aromatic amines is 2. The molecule has 10 heteroatoms. The number of rotatable bonds is 3. The van der Waals surface area contributed by atoms with Crippen LogP contribution in [0, 0.1) is 11.8 Å². The number of nitrogens with one attached hydrogen (secondary N) is 3. The second-order valence-electron chi connectivity index (χ2n) is 7.67. The van der Waals surface area contributed by atoms with Gasteiger partial charge in [-0.25, -0.2) is 9.89 Å². The third-order valence-corrected chi connectivity index (χ3v) is 5.90. The van der Waals surface area contributed by atoms with E-state index >= 15 is 0 Å². The molecule has 0 aliphatic heterocycles. The maximum absolute atomic E-state index is 12.5. The van der Waals surface area contributed by atoms with E-state index in [1.807, 2.05) is 0 Å². The Morgan fingerprint density at radius 1 is 1.29 bits per heavy atom. The lowest BCUT2D eigenvalue weighted by atomic mass is 9.50. The Balaban J connectivity index is 1.47. The standard InChI is InChI=1S/C14H18N8O2/c23-11(10-17-12(24)20-19-10)18-13-2-8-1-9(3-13)5-14(4-8,6-13)22-16-7-15-21-22/h7-9H,1-6H2,(H,18,23)(H2,17,19,20,24). The third-order valence-electron chi connectivity index (χ3n) is 5.90. The van der Waals surface area contributed by atoms with Crippen molar-refractivity contribution in [2.45, 2.75) is 49.6 Å². The molecule has 4 aliphatic carbocycles. The number of carbonyl (C=O) groups excluding carboxylic acids is 1. The van der Waals surface area contributed by atoms with E-state index in [0.717, 1.165) is 32.1 Å². The minimum absolute atomic E-state index is 0.0312. The Morgan fingerprint density at radius 3 is 2.71 bits per heavy atom. The molecule has 4 fully saturated rings.